The Morgan fingerprint density at radius 1 is 0.897 bits per heavy atom. The SMILES string of the molecule is COc1ccc(C(=O)Nc2ccc(C(=O)N/N=C\c3ccccc3O)cc2)cc1. The first-order chi connectivity index (χ1) is 14.1. The third-order valence-corrected chi connectivity index (χ3v) is 4.06. The molecular weight excluding hydrogens is 370 g/mol. The van der Waals surface area contributed by atoms with Crippen LogP contribution in [0, 0.1) is 0 Å². The molecule has 2 amide bonds. The molecule has 0 bridgehead atoms. The van der Waals surface area contributed by atoms with Crippen LogP contribution in [0.5, 0.6) is 11.5 Å². The zero-order valence-corrected chi connectivity index (χ0v) is 15.6. The van der Waals surface area contributed by atoms with Crippen molar-refractivity contribution in [2.75, 3.05) is 12.4 Å². The van der Waals surface area contributed by atoms with Crippen molar-refractivity contribution in [1.82, 2.24) is 5.43 Å². The van der Waals surface area contributed by atoms with Crippen LogP contribution in [0.3, 0.4) is 0 Å². The van der Waals surface area contributed by atoms with Crippen LogP contribution in [0.2, 0.25) is 0 Å². The second-order valence-corrected chi connectivity index (χ2v) is 6.02. The molecule has 0 aliphatic carbocycles. The maximum absolute atomic E-state index is 12.3. The molecule has 0 aliphatic rings. The highest BCUT2D eigenvalue weighted by Gasteiger charge is 2.08. The Kier molecular flexibility index (Phi) is 6.22. The molecule has 0 saturated heterocycles. The van der Waals surface area contributed by atoms with Crippen LogP contribution in [-0.4, -0.2) is 30.2 Å². The lowest BCUT2D eigenvalue weighted by molar-refractivity contribution is 0.0954. The van der Waals surface area contributed by atoms with E-state index in [1.54, 1.807) is 73.8 Å². The Hall–Kier alpha value is -4.13. The van der Waals surface area contributed by atoms with Gasteiger partial charge in [0, 0.05) is 22.4 Å². The van der Waals surface area contributed by atoms with Gasteiger partial charge in [-0.05, 0) is 60.7 Å². The van der Waals surface area contributed by atoms with Crippen LogP contribution in [0.15, 0.2) is 77.9 Å². The predicted molar refractivity (Wildman–Crippen MR) is 111 cm³/mol. The summed E-state index contributed by atoms with van der Waals surface area (Å²) in [4.78, 5) is 24.4. The minimum atomic E-state index is -0.412. The van der Waals surface area contributed by atoms with E-state index in [4.69, 9.17) is 4.74 Å². The van der Waals surface area contributed by atoms with E-state index in [9.17, 15) is 14.7 Å². The van der Waals surface area contributed by atoms with Crippen molar-refractivity contribution in [3.63, 3.8) is 0 Å². The van der Waals surface area contributed by atoms with Crippen molar-refractivity contribution < 1.29 is 19.4 Å². The van der Waals surface area contributed by atoms with Gasteiger partial charge in [-0.3, -0.25) is 9.59 Å². The van der Waals surface area contributed by atoms with E-state index in [0.717, 1.165) is 0 Å². The minimum absolute atomic E-state index is 0.0717. The van der Waals surface area contributed by atoms with Gasteiger partial charge in [0.15, 0.2) is 0 Å². The summed E-state index contributed by atoms with van der Waals surface area (Å²) in [6, 6.07) is 19.8. The number of amides is 2. The molecule has 3 aromatic rings. The quantitative estimate of drug-likeness (QED) is 0.444. The fraction of sp³-hybridized carbons (Fsp3) is 0.0455. The van der Waals surface area contributed by atoms with Gasteiger partial charge < -0.3 is 15.2 Å². The third kappa shape index (κ3) is 5.20. The molecule has 0 aliphatic heterocycles. The molecule has 3 N–H and O–H groups in total. The molecule has 3 rings (SSSR count). The smallest absolute Gasteiger partial charge is 0.271 e. The topological polar surface area (TPSA) is 100 Å². The highest BCUT2D eigenvalue weighted by molar-refractivity contribution is 6.04. The number of hydrazone groups is 1. The molecule has 29 heavy (non-hydrogen) atoms. The second kappa shape index (κ2) is 9.18. The number of phenolic OH excluding ortho intramolecular Hbond substituents is 1. The van der Waals surface area contributed by atoms with Crippen molar-refractivity contribution >= 4 is 23.7 Å². The van der Waals surface area contributed by atoms with Gasteiger partial charge in [0.1, 0.15) is 11.5 Å². The van der Waals surface area contributed by atoms with E-state index in [2.05, 4.69) is 15.8 Å². The maximum Gasteiger partial charge on any atom is 0.271 e. The molecule has 146 valence electrons. The number of carbonyl (C=O) groups excluding carboxylic acids is 2. The fourth-order valence-electron chi connectivity index (χ4n) is 2.47. The number of para-hydroxylation sites is 1. The lowest BCUT2D eigenvalue weighted by atomic mass is 10.1. The van der Waals surface area contributed by atoms with Crippen molar-refractivity contribution in [3.8, 4) is 11.5 Å². The second-order valence-electron chi connectivity index (χ2n) is 6.02. The molecule has 0 saturated carbocycles. The number of nitrogens with one attached hydrogen (secondary N) is 2. The van der Waals surface area contributed by atoms with Crippen LogP contribution >= 0.6 is 0 Å². The zero-order valence-electron chi connectivity index (χ0n) is 15.6. The van der Waals surface area contributed by atoms with Crippen molar-refractivity contribution in [1.29, 1.82) is 0 Å². The maximum atomic E-state index is 12.3. The number of hydrogen-bond donors (Lipinski definition) is 3. The van der Waals surface area contributed by atoms with Gasteiger partial charge in [-0.1, -0.05) is 12.1 Å². The standard InChI is InChI=1S/C22H19N3O4/c1-29-19-12-8-15(9-13-19)21(27)24-18-10-6-16(7-11-18)22(28)25-23-14-17-4-2-3-5-20(17)26/h2-14,26H,1H3,(H,24,27)(H,25,28)/b23-14-. The van der Waals surface area contributed by atoms with E-state index in [1.165, 1.54) is 12.3 Å². The summed E-state index contributed by atoms with van der Waals surface area (Å²) in [5, 5.41) is 16.3. The Bertz CT molecular complexity index is 1030. The van der Waals surface area contributed by atoms with Crippen LogP contribution < -0.4 is 15.5 Å². The summed E-state index contributed by atoms with van der Waals surface area (Å²) in [5.41, 5.74) is 4.31. The summed E-state index contributed by atoms with van der Waals surface area (Å²) in [7, 11) is 1.56. The van der Waals surface area contributed by atoms with Gasteiger partial charge in [-0.2, -0.15) is 5.10 Å². The summed E-state index contributed by atoms with van der Waals surface area (Å²) in [6.07, 6.45) is 1.36. The van der Waals surface area contributed by atoms with Gasteiger partial charge in [0.05, 0.1) is 13.3 Å². The summed E-state index contributed by atoms with van der Waals surface area (Å²) < 4.78 is 5.07. The molecule has 3 aromatic carbocycles. The van der Waals surface area contributed by atoms with Crippen molar-refractivity contribution in [2.45, 2.75) is 0 Å². The fourth-order valence-corrected chi connectivity index (χ4v) is 2.47. The first kappa shape index (κ1) is 19.6. The number of benzene rings is 3. The Morgan fingerprint density at radius 2 is 1.52 bits per heavy atom. The lowest BCUT2D eigenvalue weighted by Crippen LogP contribution is -2.17. The molecule has 0 fully saturated rings. The summed E-state index contributed by atoms with van der Waals surface area (Å²) in [5.74, 6) is 0.0614. The van der Waals surface area contributed by atoms with Crippen LogP contribution in [0.4, 0.5) is 5.69 Å². The normalized spacial score (nSPS) is 10.5. The number of anilines is 1. The molecule has 0 heterocycles. The van der Waals surface area contributed by atoms with Gasteiger partial charge in [-0.15, -0.1) is 0 Å². The highest BCUT2D eigenvalue weighted by Crippen LogP contribution is 2.15. The number of carbonyl (C=O) groups is 2. The monoisotopic (exact) mass is 389 g/mol. The number of nitrogens with zero attached hydrogens (tertiary/aromatic N) is 1. The van der Waals surface area contributed by atoms with Crippen molar-refractivity contribution in [2.24, 2.45) is 5.10 Å². The molecule has 0 radical (unpaired) electrons. The number of aromatic hydroxyl groups is 1. The van der Waals surface area contributed by atoms with Gasteiger partial charge in [0.2, 0.25) is 0 Å². The molecule has 0 unspecified atom stereocenters. The average Bonchev–Trinajstić information content (AvgIpc) is 2.75. The van der Waals surface area contributed by atoms with E-state index in [-0.39, 0.29) is 11.7 Å². The van der Waals surface area contributed by atoms with Crippen LogP contribution in [0.25, 0.3) is 0 Å². The number of phenols is 1. The molecule has 0 atom stereocenters. The average molecular weight is 389 g/mol. The Morgan fingerprint density at radius 3 is 2.17 bits per heavy atom. The first-order valence-electron chi connectivity index (χ1n) is 8.73. The molecule has 0 aromatic heterocycles. The van der Waals surface area contributed by atoms with Gasteiger partial charge in [0.25, 0.3) is 11.8 Å². The molecule has 0 spiro atoms. The highest BCUT2D eigenvalue weighted by atomic mass is 16.5. The first-order valence-corrected chi connectivity index (χ1v) is 8.73. The molecule has 7 heteroatoms. The van der Waals surface area contributed by atoms with E-state index in [0.29, 0.717) is 28.1 Å². The van der Waals surface area contributed by atoms with Gasteiger partial charge >= 0.3 is 0 Å². The largest absolute Gasteiger partial charge is 0.507 e. The Balaban J connectivity index is 1.58. The number of ether oxygens (including phenoxy) is 1. The molecular formula is C22H19N3O4. The summed E-state index contributed by atoms with van der Waals surface area (Å²) >= 11 is 0. The van der Waals surface area contributed by atoms with Crippen molar-refractivity contribution in [3.05, 3.63) is 89.5 Å². The molecule has 7 nitrogen and oxygen atoms in total. The lowest BCUT2D eigenvalue weighted by Gasteiger charge is -2.07. The van der Waals surface area contributed by atoms with Crippen LogP contribution in [0.1, 0.15) is 26.3 Å². The van der Waals surface area contributed by atoms with Gasteiger partial charge in [-0.25, -0.2) is 5.43 Å². The zero-order chi connectivity index (χ0) is 20.6. The number of rotatable bonds is 6. The number of methoxy groups -OCH3 is 1. The third-order valence-electron chi connectivity index (χ3n) is 4.06. The number of hydrogen-bond acceptors (Lipinski definition) is 5. The van der Waals surface area contributed by atoms with Crippen LogP contribution in [-0.2, 0) is 0 Å². The van der Waals surface area contributed by atoms with E-state index < -0.39 is 5.91 Å². The Labute approximate surface area is 167 Å². The minimum Gasteiger partial charge on any atom is -0.507 e. The van der Waals surface area contributed by atoms with E-state index >= 15 is 0 Å². The summed E-state index contributed by atoms with van der Waals surface area (Å²) in [6.45, 7) is 0. The predicted octanol–water partition coefficient (Wildman–Crippen LogP) is 3.42. The van der Waals surface area contributed by atoms with E-state index in [1.807, 2.05) is 0 Å².